The van der Waals surface area contributed by atoms with Gasteiger partial charge in [-0.15, -0.1) is 0 Å². The van der Waals surface area contributed by atoms with Crippen LogP contribution in [0.3, 0.4) is 0 Å². The van der Waals surface area contributed by atoms with Crippen LogP contribution < -0.4 is 11.1 Å². The van der Waals surface area contributed by atoms with Gasteiger partial charge in [-0.05, 0) is 24.3 Å². The normalized spacial score (nSPS) is 12.1. The minimum atomic E-state index is -0.258. The first kappa shape index (κ1) is 15.5. The van der Waals surface area contributed by atoms with Crippen LogP contribution in [0, 0.1) is 0 Å². The highest BCUT2D eigenvalue weighted by atomic mass is 32.2. The van der Waals surface area contributed by atoms with Gasteiger partial charge in [0.25, 0.3) is 0 Å². The lowest BCUT2D eigenvalue weighted by molar-refractivity contribution is -0.118. The van der Waals surface area contributed by atoms with Gasteiger partial charge in [-0.25, -0.2) is 4.98 Å². The maximum absolute atomic E-state index is 11.8. The predicted molar refractivity (Wildman–Crippen MR) is 80.0 cm³/mol. The van der Waals surface area contributed by atoms with Crippen molar-refractivity contribution in [3.63, 3.8) is 0 Å². The van der Waals surface area contributed by atoms with Crippen LogP contribution in [-0.4, -0.2) is 40.8 Å². The Balaban J connectivity index is 1.88. The molecule has 0 saturated heterocycles. The van der Waals surface area contributed by atoms with Gasteiger partial charge in [0.2, 0.25) is 5.91 Å². The van der Waals surface area contributed by atoms with Crippen molar-refractivity contribution in [1.82, 2.24) is 15.2 Å². The molecular formula is C13H17N5O2S. The van der Waals surface area contributed by atoms with Crippen molar-refractivity contribution < 1.29 is 9.53 Å². The summed E-state index contributed by atoms with van der Waals surface area (Å²) in [7, 11) is 1.54. The van der Waals surface area contributed by atoms with Gasteiger partial charge in [-0.2, -0.15) is 5.10 Å². The molecule has 0 spiro atoms. The number of anilines is 1. The van der Waals surface area contributed by atoms with Crippen LogP contribution in [0.25, 0.3) is 0 Å². The van der Waals surface area contributed by atoms with Crippen molar-refractivity contribution in [2.24, 2.45) is 5.73 Å². The molecule has 112 valence electrons. The number of H-pyrrole nitrogens is 1. The standard InChI is InChI=1S/C13H17N5O2S/c1-20-10(7-14)6-12(19)17-9-2-4-11(5-3-9)21-13-15-8-16-18-13/h2-5,8,10H,6-7,14H2,1H3,(H,17,19)(H,15,16,18). The van der Waals surface area contributed by atoms with E-state index in [1.54, 1.807) is 7.11 Å². The van der Waals surface area contributed by atoms with E-state index in [0.717, 1.165) is 15.7 Å². The highest BCUT2D eigenvalue weighted by Crippen LogP contribution is 2.25. The predicted octanol–water partition coefficient (Wildman–Crippen LogP) is 1.26. The molecule has 4 N–H and O–H groups in total. The smallest absolute Gasteiger partial charge is 0.227 e. The first-order valence-corrected chi connectivity index (χ1v) is 7.19. The zero-order chi connectivity index (χ0) is 15.1. The number of amides is 1. The molecule has 2 aromatic rings. The zero-order valence-corrected chi connectivity index (χ0v) is 12.4. The zero-order valence-electron chi connectivity index (χ0n) is 11.6. The highest BCUT2D eigenvalue weighted by Gasteiger charge is 2.11. The molecule has 1 heterocycles. The Morgan fingerprint density at radius 2 is 2.24 bits per heavy atom. The van der Waals surface area contributed by atoms with Gasteiger partial charge in [0, 0.05) is 24.2 Å². The molecule has 0 bridgehead atoms. The van der Waals surface area contributed by atoms with Gasteiger partial charge in [0.1, 0.15) is 6.33 Å². The number of carbonyl (C=O) groups excluding carboxylic acids is 1. The van der Waals surface area contributed by atoms with E-state index in [1.165, 1.54) is 18.1 Å². The van der Waals surface area contributed by atoms with Crippen molar-refractivity contribution in [2.75, 3.05) is 19.0 Å². The van der Waals surface area contributed by atoms with E-state index in [2.05, 4.69) is 20.5 Å². The average Bonchev–Trinajstić information content (AvgIpc) is 3.00. The summed E-state index contributed by atoms with van der Waals surface area (Å²) in [6.07, 6.45) is 1.44. The van der Waals surface area contributed by atoms with Crippen LogP contribution >= 0.6 is 11.8 Å². The molecule has 1 amide bonds. The minimum absolute atomic E-state index is 0.122. The molecular weight excluding hydrogens is 290 g/mol. The Labute approximate surface area is 126 Å². The summed E-state index contributed by atoms with van der Waals surface area (Å²) in [5.41, 5.74) is 6.22. The molecule has 7 nitrogen and oxygen atoms in total. The number of hydrogen-bond donors (Lipinski definition) is 3. The molecule has 0 aliphatic carbocycles. The second-order valence-corrected chi connectivity index (χ2v) is 5.33. The molecule has 1 aromatic carbocycles. The SMILES string of the molecule is COC(CN)CC(=O)Nc1ccc(Sc2ncn[nH]2)cc1. The maximum Gasteiger partial charge on any atom is 0.227 e. The van der Waals surface area contributed by atoms with E-state index < -0.39 is 0 Å². The highest BCUT2D eigenvalue weighted by molar-refractivity contribution is 7.99. The summed E-state index contributed by atoms with van der Waals surface area (Å²) in [5, 5.41) is 10.1. The number of carbonyl (C=O) groups is 1. The Morgan fingerprint density at radius 1 is 1.48 bits per heavy atom. The number of nitrogens with zero attached hydrogens (tertiary/aromatic N) is 2. The van der Waals surface area contributed by atoms with Crippen LogP contribution in [0.5, 0.6) is 0 Å². The molecule has 0 aliphatic heterocycles. The number of ether oxygens (including phenoxy) is 1. The molecule has 2 rings (SSSR count). The van der Waals surface area contributed by atoms with Crippen LogP contribution in [-0.2, 0) is 9.53 Å². The van der Waals surface area contributed by atoms with Crippen molar-refractivity contribution in [1.29, 1.82) is 0 Å². The number of nitrogens with two attached hydrogens (primary N) is 1. The molecule has 1 atom stereocenters. The summed E-state index contributed by atoms with van der Waals surface area (Å²) in [5.74, 6) is -0.122. The van der Waals surface area contributed by atoms with Crippen LogP contribution in [0.15, 0.2) is 40.6 Å². The lowest BCUT2D eigenvalue weighted by atomic mass is 10.2. The van der Waals surface area contributed by atoms with Gasteiger partial charge in [-0.1, -0.05) is 11.8 Å². The molecule has 0 aliphatic rings. The van der Waals surface area contributed by atoms with E-state index in [0.29, 0.717) is 6.54 Å². The molecule has 1 aromatic heterocycles. The summed E-state index contributed by atoms with van der Waals surface area (Å²) in [6.45, 7) is 0.316. The average molecular weight is 307 g/mol. The first-order chi connectivity index (χ1) is 10.2. The monoisotopic (exact) mass is 307 g/mol. The number of aromatic amines is 1. The molecule has 0 radical (unpaired) electrons. The van der Waals surface area contributed by atoms with E-state index >= 15 is 0 Å². The number of rotatable bonds is 7. The number of nitrogens with one attached hydrogen (secondary N) is 2. The largest absolute Gasteiger partial charge is 0.380 e. The third-order valence-electron chi connectivity index (χ3n) is 2.75. The Kier molecular flexibility index (Phi) is 5.73. The third-order valence-corrected chi connectivity index (χ3v) is 3.65. The number of hydrogen-bond acceptors (Lipinski definition) is 6. The first-order valence-electron chi connectivity index (χ1n) is 6.37. The number of methoxy groups -OCH3 is 1. The van der Waals surface area contributed by atoms with Gasteiger partial charge >= 0.3 is 0 Å². The second-order valence-electron chi connectivity index (χ2n) is 4.26. The Morgan fingerprint density at radius 3 is 2.81 bits per heavy atom. The summed E-state index contributed by atoms with van der Waals surface area (Å²) >= 11 is 1.46. The Bertz CT molecular complexity index is 554. The third kappa shape index (κ3) is 4.85. The summed E-state index contributed by atoms with van der Waals surface area (Å²) in [4.78, 5) is 16.8. The fourth-order valence-corrected chi connectivity index (χ4v) is 2.34. The number of benzene rings is 1. The molecule has 8 heteroatoms. The van der Waals surface area contributed by atoms with Crippen molar-refractivity contribution in [2.45, 2.75) is 22.6 Å². The van der Waals surface area contributed by atoms with Gasteiger partial charge < -0.3 is 15.8 Å². The summed E-state index contributed by atoms with van der Waals surface area (Å²) in [6, 6.07) is 7.47. The lowest BCUT2D eigenvalue weighted by Crippen LogP contribution is -2.28. The topological polar surface area (TPSA) is 106 Å². The van der Waals surface area contributed by atoms with Crippen LogP contribution in [0.2, 0.25) is 0 Å². The molecule has 0 fully saturated rings. The lowest BCUT2D eigenvalue weighted by Gasteiger charge is -2.12. The second kappa shape index (κ2) is 7.77. The van der Waals surface area contributed by atoms with Crippen LogP contribution in [0.1, 0.15) is 6.42 Å². The molecule has 21 heavy (non-hydrogen) atoms. The molecule has 1 unspecified atom stereocenters. The van der Waals surface area contributed by atoms with Crippen molar-refractivity contribution in [3.8, 4) is 0 Å². The van der Waals surface area contributed by atoms with E-state index in [-0.39, 0.29) is 18.4 Å². The fourth-order valence-electron chi connectivity index (χ4n) is 1.64. The fraction of sp³-hybridized carbons (Fsp3) is 0.308. The minimum Gasteiger partial charge on any atom is -0.380 e. The van der Waals surface area contributed by atoms with Crippen LogP contribution in [0.4, 0.5) is 5.69 Å². The van der Waals surface area contributed by atoms with Gasteiger partial charge in [0.15, 0.2) is 5.16 Å². The van der Waals surface area contributed by atoms with Gasteiger partial charge in [-0.3, -0.25) is 9.89 Å². The molecule has 0 saturated carbocycles. The quantitative estimate of drug-likeness (QED) is 0.711. The van der Waals surface area contributed by atoms with Gasteiger partial charge in [0.05, 0.1) is 12.5 Å². The van der Waals surface area contributed by atoms with E-state index in [9.17, 15) is 4.79 Å². The Hall–Kier alpha value is -1.90. The summed E-state index contributed by atoms with van der Waals surface area (Å²) < 4.78 is 5.08. The van der Waals surface area contributed by atoms with E-state index in [4.69, 9.17) is 10.5 Å². The van der Waals surface area contributed by atoms with E-state index in [1.807, 2.05) is 24.3 Å². The maximum atomic E-state index is 11.8. The number of aromatic nitrogens is 3. The van der Waals surface area contributed by atoms with Crippen molar-refractivity contribution >= 4 is 23.4 Å². The van der Waals surface area contributed by atoms with Crippen molar-refractivity contribution in [3.05, 3.63) is 30.6 Å².